The van der Waals surface area contributed by atoms with Crippen molar-refractivity contribution in [2.75, 3.05) is 12.4 Å². The van der Waals surface area contributed by atoms with Crippen LogP contribution in [-0.2, 0) is 0 Å². The van der Waals surface area contributed by atoms with Crippen LogP contribution in [0.25, 0.3) is 5.69 Å². The SMILES string of the molecule is COc1cc(NC2=CC=CCC2)ccc1-n1cnc(C)n1. The summed E-state index contributed by atoms with van der Waals surface area (Å²) in [6.07, 6.45) is 10.1. The van der Waals surface area contributed by atoms with E-state index in [-0.39, 0.29) is 0 Å². The molecule has 0 amide bonds. The van der Waals surface area contributed by atoms with Gasteiger partial charge in [0, 0.05) is 17.5 Å². The molecule has 0 bridgehead atoms. The van der Waals surface area contributed by atoms with E-state index in [4.69, 9.17) is 4.74 Å². The van der Waals surface area contributed by atoms with Crippen molar-refractivity contribution in [3.8, 4) is 11.4 Å². The van der Waals surface area contributed by atoms with Crippen LogP contribution in [0, 0.1) is 6.92 Å². The normalized spacial score (nSPS) is 13.9. The fourth-order valence-corrected chi connectivity index (χ4v) is 2.30. The third kappa shape index (κ3) is 2.97. The molecule has 0 atom stereocenters. The molecule has 0 aliphatic heterocycles. The van der Waals surface area contributed by atoms with Crippen molar-refractivity contribution in [1.82, 2.24) is 14.8 Å². The molecule has 3 rings (SSSR count). The molecule has 0 unspecified atom stereocenters. The molecule has 1 aromatic heterocycles. The van der Waals surface area contributed by atoms with Gasteiger partial charge in [-0.1, -0.05) is 12.2 Å². The number of hydrogen-bond donors (Lipinski definition) is 1. The summed E-state index contributed by atoms with van der Waals surface area (Å²) in [5, 5.41) is 7.74. The third-order valence-electron chi connectivity index (χ3n) is 3.35. The molecule has 0 radical (unpaired) electrons. The molecule has 0 saturated carbocycles. The van der Waals surface area contributed by atoms with Gasteiger partial charge in [-0.25, -0.2) is 9.67 Å². The number of rotatable bonds is 4. The summed E-state index contributed by atoms with van der Waals surface area (Å²) < 4.78 is 7.20. The minimum absolute atomic E-state index is 0.735. The molecule has 0 saturated heterocycles. The van der Waals surface area contributed by atoms with Crippen LogP contribution in [-0.4, -0.2) is 21.9 Å². The number of allylic oxidation sites excluding steroid dienone is 4. The summed E-state index contributed by atoms with van der Waals surface area (Å²) in [5.74, 6) is 1.50. The Morgan fingerprint density at radius 3 is 2.90 bits per heavy atom. The van der Waals surface area contributed by atoms with Gasteiger partial charge in [0.05, 0.1) is 7.11 Å². The highest BCUT2D eigenvalue weighted by Gasteiger charge is 2.09. The predicted molar refractivity (Wildman–Crippen MR) is 82.7 cm³/mol. The quantitative estimate of drug-likeness (QED) is 0.935. The second-order valence-corrected chi connectivity index (χ2v) is 4.91. The third-order valence-corrected chi connectivity index (χ3v) is 3.35. The molecule has 1 aliphatic rings. The Hall–Kier alpha value is -2.56. The monoisotopic (exact) mass is 282 g/mol. The summed E-state index contributed by atoms with van der Waals surface area (Å²) in [6, 6.07) is 5.98. The molecular formula is C16H18N4O. The summed E-state index contributed by atoms with van der Waals surface area (Å²) in [5.41, 5.74) is 3.10. The van der Waals surface area contributed by atoms with Gasteiger partial charge >= 0.3 is 0 Å². The van der Waals surface area contributed by atoms with E-state index in [2.05, 4.69) is 33.6 Å². The first kappa shape index (κ1) is 13.4. The molecule has 5 nitrogen and oxygen atoms in total. The van der Waals surface area contributed by atoms with Gasteiger partial charge in [0.1, 0.15) is 23.6 Å². The van der Waals surface area contributed by atoms with Crippen molar-refractivity contribution >= 4 is 5.69 Å². The lowest BCUT2D eigenvalue weighted by atomic mass is 10.1. The van der Waals surface area contributed by atoms with Gasteiger partial charge in [0.25, 0.3) is 0 Å². The Morgan fingerprint density at radius 2 is 2.24 bits per heavy atom. The Morgan fingerprint density at radius 1 is 1.33 bits per heavy atom. The van der Waals surface area contributed by atoms with Crippen LogP contribution in [0.15, 0.2) is 48.5 Å². The van der Waals surface area contributed by atoms with E-state index < -0.39 is 0 Å². The van der Waals surface area contributed by atoms with Gasteiger partial charge in [0.15, 0.2) is 0 Å². The lowest BCUT2D eigenvalue weighted by Crippen LogP contribution is -2.03. The first-order chi connectivity index (χ1) is 10.3. The van der Waals surface area contributed by atoms with Gasteiger partial charge < -0.3 is 10.1 Å². The number of aromatic nitrogens is 3. The van der Waals surface area contributed by atoms with E-state index in [9.17, 15) is 0 Å². The highest BCUT2D eigenvalue weighted by atomic mass is 16.5. The molecule has 1 N–H and O–H groups in total. The van der Waals surface area contributed by atoms with Crippen molar-refractivity contribution in [3.05, 3.63) is 54.3 Å². The van der Waals surface area contributed by atoms with Crippen LogP contribution in [0.4, 0.5) is 5.69 Å². The van der Waals surface area contributed by atoms with Crippen molar-refractivity contribution in [3.63, 3.8) is 0 Å². The van der Waals surface area contributed by atoms with Crippen molar-refractivity contribution in [1.29, 1.82) is 0 Å². The molecule has 5 heteroatoms. The van der Waals surface area contributed by atoms with E-state index in [0.29, 0.717) is 0 Å². The minimum Gasteiger partial charge on any atom is -0.494 e. The number of methoxy groups -OCH3 is 1. The number of hydrogen-bond acceptors (Lipinski definition) is 4. The van der Waals surface area contributed by atoms with E-state index in [1.54, 1.807) is 18.1 Å². The van der Waals surface area contributed by atoms with Gasteiger partial charge in [-0.2, -0.15) is 5.10 Å². The van der Waals surface area contributed by atoms with Gasteiger partial charge in [-0.3, -0.25) is 0 Å². The average molecular weight is 282 g/mol. The van der Waals surface area contributed by atoms with Gasteiger partial charge in [-0.05, 0) is 38.0 Å². The number of benzene rings is 1. The Labute approximate surface area is 124 Å². The second kappa shape index (κ2) is 5.83. The Balaban J connectivity index is 1.88. The summed E-state index contributed by atoms with van der Waals surface area (Å²) in [6.45, 7) is 1.86. The van der Waals surface area contributed by atoms with E-state index in [1.807, 2.05) is 25.1 Å². The molecule has 0 fully saturated rings. The number of aryl methyl sites for hydroxylation is 1. The molecule has 21 heavy (non-hydrogen) atoms. The second-order valence-electron chi connectivity index (χ2n) is 4.91. The standard InChI is InChI=1S/C16H18N4O/c1-12-17-11-20(19-12)15-9-8-14(10-16(15)21-2)18-13-6-4-3-5-7-13/h3-4,6,8-11,18H,5,7H2,1-2H3. The van der Waals surface area contributed by atoms with Crippen LogP contribution in [0.1, 0.15) is 18.7 Å². The highest BCUT2D eigenvalue weighted by Crippen LogP contribution is 2.27. The first-order valence-corrected chi connectivity index (χ1v) is 6.95. The number of nitrogens with zero attached hydrogens (tertiary/aromatic N) is 3. The smallest absolute Gasteiger partial charge is 0.147 e. The topological polar surface area (TPSA) is 52.0 Å². The molecular weight excluding hydrogens is 264 g/mol. The van der Waals surface area contributed by atoms with E-state index in [0.717, 1.165) is 35.8 Å². The highest BCUT2D eigenvalue weighted by molar-refractivity contribution is 5.59. The van der Waals surface area contributed by atoms with Crippen molar-refractivity contribution in [2.24, 2.45) is 0 Å². The molecule has 1 aliphatic carbocycles. The van der Waals surface area contributed by atoms with Crippen LogP contribution >= 0.6 is 0 Å². The van der Waals surface area contributed by atoms with Crippen molar-refractivity contribution < 1.29 is 4.74 Å². The number of ether oxygens (including phenoxy) is 1. The summed E-state index contributed by atoms with van der Waals surface area (Å²) in [4.78, 5) is 4.15. The van der Waals surface area contributed by atoms with E-state index >= 15 is 0 Å². The van der Waals surface area contributed by atoms with Gasteiger partial charge in [-0.15, -0.1) is 0 Å². The fraction of sp³-hybridized carbons (Fsp3) is 0.250. The maximum Gasteiger partial charge on any atom is 0.147 e. The minimum atomic E-state index is 0.735. The molecule has 1 aromatic carbocycles. The summed E-state index contributed by atoms with van der Waals surface area (Å²) >= 11 is 0. The lowest BCUT2D eigenvalue weighted by Gasteiger charge is -2.14. The first-order valence-electron chi connectivity index (χ1n) is 6.95. The summed E-state index contributed by atoms with van der Waals surface area (Å²) in [7, 11) is 1.66. The average Bonchev–Trinajstić information content (AvgIpc) is 2.94. The van der Waals surface area contributed by atoms with Crippen LogP contribution in [0.2, 0.25) is 0 Å². The Kier molecular flexibility index (Phi) is 3.73. The zero-order valence-electron chi connectivity index (χ0n) is 12.2. The maximum atomic E-state index is 5.48. The zero-order valence-corrected chi connectivity index (χ0v) is 12.2. The molecule has 108 valence electrons. The maximum absolute atomic E-state index is 5.48. The van der Waals surface area contributed by atoms with E-state index in [1.165, 1.54) is 5.70 Å². The molecule has 1 heterocycles. The fourth-order valence-electron chi connectivity index (χ4n) is 2.30. The predicted octanol–water partition coefficient (Wildman–Crippen LogP) is 3.23. The van der Waals surface area contributed by atoms with Crippen molar-refractivity contribution in [2.45, 2.75) is 19.8 Å². The molecule has 0 spiro atoms. The zero-order chi connectivity index (χ0) is 14.7. The number of anilines is 1. The number of nitrogens with one attached hydrogen (secondary N) is 1. The van der Waals surface area contributed by atoms with Crippen LogP contribution in [0.5, 0.6) is 5.75 Å². The van der Waals surface area contributed by atoms with Crippen LogP contribution < -0.4 is 10.1 Å². The molecule has 2 aromatic rings. The van der Waals surface area contributed by atoms with Gasteiger partial charge in [0.2, 0.25) is 0 Å². The lowest BCUT2D eigenvalue weighted by molar-refractivity contribution is 0.412. The largest absolute Gasteiger partial charge is 0.494 e. The Bertz CT molecular complexity index is 700. The van der Waals surface area contributed by atoms with Crippen LogP contribution in [0.3, 0.4) is 0 Å².